The van der Waals surface area contributed by atoms with Gasteiger partial charge in [0.2, 0.25) is 5.91 Å². The summed E-state index contributed by atoms with van der Waals surface area (Å²) in [5.41, 5.74) is 0.858. The molecule has 1 heterocycles. The van der Waals surface area contributed by atoms with Crippen molar-refractivity contribution in [3.63, 3.8) is 0 Å². The number of allylic oxidation sites excluding steroid dienone is 1. The molecule has 0 saturated carbocycles. The molecule has 0 aromatic carbocycles. The highest BCUT2D eigenvalue weighted by Crippen LogP contribution is 2.06. The SMILES string of the molecule is C=C(C)N[C@H]1CCCCNC1=O. The molecule has 1 atom stereocenters. The van der Waals surface area contributed by atoms with Gasteiger partial charge in [-0.25, -0.2) is 0 Å². The maximum Gasteiger partial charge on any atom is 0.242 e. The smallest absolute Gasteiger partial charge is 0.242 e. The molecule has 3 nitrogen and oxygen atoms in total. The lowest BCUT2D eigenvalue weighted by Gasteiger charge is -2.15. The number of hydrogen-bond donors (Lipinski definition) is 2. The Balaban J connectivity index is 2.47. The van der Waals surface area contributed by atoms with Crippen molar-refractivity contribution in [2.45, 2.75) is 32.2 Å². The van der Waals surface area contributed by atoms with Crippen LogP contribution in [0.1, 0.15) is 26.2 Å². The molecule has 0 aromatic heterocycles. The summed E-state index contributed by atoms with van der Waals surface area (Å²) < 4.78 is 0. The first-order valence-corrected chi connectivity index (χ1v) is 4.40. The molecule has 3 heteroatoms. The summed E-state index contributed by atoms with van der Waals surface area (Å²) >= 11 is 0. The third-order valence-electron chi connectivity index (χ3n) is 1.96. The van der Waals surface area contributed by atoms with Gasteiger partial charge in [0.1, 0.15) is 6.04 Å². The predicted octanol–water partition coefficient (Wildman–Crippen LogP) is 0.778. The van der Waals surface area contributed by atoms with E-state index in [2.05, 4.69) is 17.2 Å². The quantitative estimate of drug-likeness (QED) is 0.639. The van der Waals surface area contributed by atoms with Crippen LogP contribution in [-0.4, -0.2) is 18.5 Å². The molecule has 1 rings (SSSR count). The fraction of sp³-hybridized carbons (Fsp3) is 0.667. The van der Waals surface area contributed by atoms with Crippen LogP contribution in [0.15, 0.2) is 12.3 Å². The van der Waals surface area contributed by atoms with Gasteiger partial charge in [0.05, 0.1) is 0 Å². The fourth-order valence-corrected chi connectivity index (χ4v) is 1.37. The Labute approximate surface area is 73.2 Å². The van der Waals surface area contributed by atoms with E-state index < -0.39 is 0 Å². The van der Waals surface area contributed by atoms with Crippen molar-refractivity contribution in [3.05, 3.63) is 12.3 Å². The number of hydrogen-bond acceptors (Lipinski definition) is 2. The lowest BCUT2D eigenvalue weighted by molar-refractivity contribution is -0.122. The molecule has 2 N–H and O–H groups in total. The van der Waals surface area contributed by atoms with Crippen LogP contribution < -0.4 is 10.6 Å². The van der Waals surface area contributed by atoms with Gasteiger partial charge in [-0.15, -0.1) is 0 Å². The van der Waals surface area contributed by atoms with Gasteiger partial charge in [0.15, 0.2) is 0 Å². The van der Waals surface area contributed by atoms with Gasteiger partial charge in [-0.1, -0.05) is 6.58 Å². The third-order valence-corrected chi connectivity index (χ3v) is 1.96. The molecule has 1 amide bonds. The minimum Gasteiger partial charge on any atom is -0.378 e. The summed E-state index contributed by atoms with van der Waals surface area (Å²) in [4.78, 5) is 11.3. The van der Waals surface area contributed by atoms with E-state index in [4.69, 9.17) is 0 Å². The molecule has 0 bridgehead atoms. The van der Waals surface area contributed by atoms with Gasteiger partial charge >= 0.3 is 0 Å². The van der Waals surface area contributed by atoms with Crippen LogP contribution in [0.2, 0.25) is 0 Å². The van der Waals surface area contributed by atoms with Crippen molar-refractivity contribution in [2.75, 3.05) is 6.54 Å². The topological polar surface area (TPSA) is 41.1 Å². The number of nitrogens with one attached hydrogen (secondary N) is 2. The Hall–Kier alpha value is -0.990. The van der Waals surface area contributed by atoms with E-state index in [1.54, 1.807) is 0 Å². The van der Waals surface area contributed by atoms with E-state index in [1.165, 1.54) is 0 Å². The van der Waals surface area contributed by atoms with Crippen LogP contribution in [0.25, 0.3) is 0 Å². The van der Waals surface area contributed by atoms with Crippen LogP contribution in [0.5, 0.6) is 0 Å². The van der Waals surface area contributed by atoms with Gasteiger partial charge in [-0.05, 0) is 26.2 Å². The lowest BCUT2D eigenvalue weighted by atomic mass is 10.1. The normalized spacial score (nSPS) is 24.1. The predicted molar refractivity (Wildman–Crippen MR) is 48.6 cm³/mol. The molecule has 1 aliphatic rings. The highest BCUT2D eigenvalue weighted by atomic mass is 16.2. The van der Waals surface area contributed by atoms with E-state index in [1.807, 2.05) is 6.92 Å². The molecule has 68 valence electrons. The summed E-state index contributed by atoms with van der Waals surface area (Å²) in [6, 6.07) is -0.0648. The summed E-state index contributed by atoms with van der Waals surface area (Å²) in [6.07, 6.45) is 3.10. The third kappa shape index (κ3) is 2.57. The van der Waals surface area contributed by atoms with Crippen molar-refractivity contribution < 1.29 is 4.79 Å². The Bertz CT molecular complexity index is 189. The first-order valence-electron chi connectivity index (χ1n) is 4.40. The minimum atomic E-state index is -0.0648. The molecule has 12 heavy (non-hydrogen) atoms. The van der Waals surface area contributed by atoms with E-state index >= 15 is 0 Å². The highest BCUT2D eigenvalue weighted by molar-refractivity contribution is 5.82. The van der Waals surface area contributed by atoms with Crippen molar-refractivity contribution >= 4 is 5.91 Å². The van der Waals surface area contributed by atoms with Gasteiger partial charge < -0.3 is 10.6 Å². The van der Waals surface area contributed by atoms with Gasteiger partial charge in [0, 0.05) is 12.2 Å². The molecular weight excluding hydrogens is 152 g/mol. The van der Waals surface area contributed by atoms with Crippen LogP contribution in [0, 0.1) is 0 Å². The molecule has 1 fully saturated rings. The largest absolute Gasteiger partial charge is 0.378 e. The van der Waals surface area contributed by atoms with Crippen molar-refractivity contribution in [1.29, 1.82) is 0 Å². The Morgan fingerprint density at radius 1 is 1.67 bits per heavy atom. The first kappa shape index (κ1) is 9.10. The first-order chi connectivity index (χ1) is 5.70. The van der Waals surface area contributed by atoms with E-state index in [-0.39, 0.29) is 11.9 Å². The van der Waals surface area contributed by atoms with E-state index in [0.717, 1.165) is 31.5 Å². The molecule has 0 unspecified atom stereocenters. The summed E-state index contributed by atoms with van der Waals surface area (Å²) in [7, 11) is 0. The average molecular weight is 168 g/mol. The maximum absolute atomic E-state index is 11.3. The van der Waals surface area contributed by atoms with Crippen LogP contribution in [0.4, 0.5) is 0 Å². The number of amides is 1. The zero-order valence-electron chi connectivity index (χ0n) is 7.52. The molecule has 0 radical (unpaired) electrons. The summed E-state index contributed by atoms with van der Waals surface area (Å²) in [6.45, 7) is 6.41. The van der Waals surface area contributed by atoms with Crippen LogP contribution in [-0.2, 0) is 4.79 Å². The lowest BCUT2D eigenvalue weighted by Crippen LogP contribution is -2.41. The van der Waals surface area contributed by atoms with Crippen molar-refractivity contribution in [3.8, 4) is 0 Å². The van der Waals surface area contributed by atoms with Gasteiger partial charge in [0.25, 0.3) is 0 Å². The van der Waals surface area contributed by atoms with Crippen molar-refractivity contribution in [1.82, 2.24) is 10.6 Å². The van der Waals surface area contributed by atoms with E-state index in [9.17, 15) is 4.79 Å². The zero-order valence-corrected chi connectivity index (χ0v) is 7.52. The number of rotatable bonds is 2. The standard InChI is InChI=1S/C9H16N2O/c1-7(2)11-8-5-3-4-6-10-9(8)12/h8,11H,1,3-6H2,2H3,(H,10,12)/t8-/m0/s1. The number of carbonyl (C=O) groups excluding carboxylic acids is 1. The molecule has 0 aliphatic carbocycles. The monoisotopic (exact) mass is 168 g/mol. The summed E-state index contributed by atoms with van der Waals surface area (Å²) in [5, 5.41) is 5.92. The van der Waals surface area contributed by atoms with Crippen molar-refractivity contribution in [2.24, 2.45) is 0 Å². The molecule has 0 aromatic rings. The minimum absolute atomic E-state index is 0.0648. The second-order valence-corrected chi connectivity index (χ2v) is 3.26. The van der Waals surface area contributed by atoms with Crippen LogP contribution in [0.3, 0.4) is 0 Å². The van der Waals surface area contributed by atoms with Gasteiger partial charge in [-0.3, -0.25) is 4.79 Å². The second-order valence-electron chi connectivity index (χ2n) is 3.26. The molecule has 1 saturated heterocycles. The maximum atomic E-state index is 11.3. The molecular formula is C9H16N2O. The van der Waals surface area contributed by atoms with Crippen LogP contribution >= 0.6 is 0 Å². The fourth-order valence-electron chi connectivity index (χ4n) is 1.37. The number of carbonyl (C=O) groups is 1. The Morgan fingerprint density at radius 3 is 3.08 bits per heavy atom. The van der Waals surface area contributed by atoms with E-state index in [0.29, 0.717) is 0 Å². The Morgan fingerprint density at radius 2 is 2.42 bits per heavy atom. The zero-order chi connectivity index (χ0) is 8.97. The molecule has 1 aliphatic heterocycles. The second kappa shape index (κ2) is 4.14. The Kier molecular flexibility index (Phi) is 3.14. The van der Waals surface area contributed by atoms with Gasteiger partial charge in [-0.2, -0.15) is 0 Å². The summed E-state index contributed by atoms with van der Waals surface area (Å²) in [5.74, 6) is 0.107. The highest BCUT2D eigenvalue weighted by Gasteiger charge is 2.19. The average Bonchev–Trinajstić information content (AvgIpc) is 2.16. The molecule has 0 spiro atoms.